The van der Waals surface area contributed by atoms with Crippen LogP contribution in [-0.4, -0.2) is 112 Å². The normalized spacial score (nSPS) is 32.7. The molecule has 4 aliphatic carbocycles. The fourth-order valence-electron chi connectivity index (χ4n) is 11.5. The molecule has 0 bridgehead atoms. The quantitative estimate of drug-likeness (QED) is 0.151. The Morgan fingerprint density at radius 2 is 1.65 bits per heavy atom. The van der Waals surface area contributed by atoms with Gasteiger partial charge in [-0.15, -0.1) is 0 Å². The van der Waals surface area contributed by atoms with Gasteiger partial charge in [-0.25, -0.2) is 9.59 Å². The number of ether oxygens (including phenoxy) is 3. The van der Waals surface area contributed by atoms with Crippen molar-refractivity contribution in [1.29, 1.82) is 0 Å². The largest absolute Gasteiger partial charge is 0.456 e. The molecule has 4 amide bonds. The molecule has 4 fully saturated rings. The minimum Gasteiger partial charge on any atom is -0.456 e. The van der Waals surface area contributed by atoms with Crippen LogP contribution in [0.3, 0.4) is 0 Å². The fraction of sp³-hybridized carbons (Fsp3) is 0.745. The van der Waals surface area contributed by atoms with Gasteiger partial charge in [-0.3, -0.25) is 28.8 Å². The van der Waals surface area contributed by atoms with E-state index in [4.69, 9.17) is 14.2 Å². The molecule has 5 aliphatic rings. The molecule has 0 radical (unpaired) electrons. The molecule has 1 saturated heterocycles. The lowest BCUT2D eigenvalue weighted by atomic mass is 9.40. The summed E-state index contributed by atoms with van der Waals surface area (Å²) in [6, 6.07) is -4.23. The Labute approximate surface area is 371 Å². The minimum absolute atomic E-state index is 0.00394. The van der Waals surface area contributed by atoms with E-state index in [-0.39, 0.29) is 55.3 Å². The first kappa shape index (κ1) is 49.4. The molecule has 350 valence electrons. The monoisotopic (exact) mass is 882 g/mol. The van der Waals surface area contributed by atoms with Crippen LogP contribution in [-0.2, 0) is 47.8 Å². The van der Waals surface area contributed by atoms with Crippen molar-refractivity contribution >= 4 is 47.3 Å². The molecule has 0 aromatic rings. The number of Topliss-reactive ketones (excluding diaryl/α,β-unsaturated/α-hetero) is 1. The Morgan fingerprint density at radius 1 is 0.968 bits per heavy atom. The van der Waals surface area contributed by atoms with Gasteiger partial charge >= 0.3 is 18.0 Å². The summed E-state index contributed by atoms with van der Waals surface area (Å²) in [7, 11) is 0. The van der Waals surface area contributed by atoms with Gasteiger partial charge in [0.05, 0.1) is 6.10 Å². The number of nitrogens with one attached hydrogen (secondary N) is 3. The van der Waals surface area contributed by atoms with Crippen LogP contribution in [0.1, 0.15) is 128 Å². The van der Waals surface area contributed by atoms with E-state index < -0.39 is 106 Å². The van der Waals surface area contributed by atoms with Crippen molar-refractivity contribution in [1.82, 2.24) is 20.9 Å². The van der Waals surface area contributed by atoms with Gasteiger partial charge < -0.3 is 40.2 Å². The Bertz CT molecular complexity index is 1900. The van der Waals surface area contributed by atoms with E-state index in [9.17, 15) is 43.5 Å². The number of carbonyl (C=O) groups is 8. The summed E-state index contributed by atoms with van der Waals surface area (Å²) in [5.74, 6) is -4.76. The number of hydrogen-bond acceptors (Lipinski definition) is 12. The van der Waals surface area contributed by atoms with Gasteiger partial charge in [0, 0.05) is 29.7 Å². The number of allylic oxidation sites excluding steroid dienone is 4. The second-order valence-corrected chi connectivity index (χ2v) is 20.3. The van der Waals surface area contributed by atoms with Crippen molar-refractivity contribution in [2.75, 3.05) is 13.2 Å². The smallest absolute Gasteiger partial charge is 0.408 e. The highest BCUT2D eigenvalue weighted by molar-refractivity contribution is 6.01. The molecule has 5 rings (SSSR count). The summed E-state index contributed by atoms with van der Waals surface area (Å²) in [6.45, 7) is 18.6. The molecule has 0 spiro atoms. The molecular weight excluding hydrogens is 813 g/mol. The maximum absolute atomic E-state index is 14.7. The lowest BCUT2D eigenvalue weighted by molar-refractivity contribution is -0.231. The van der Waals surface area contributed by atoms with Gasteiger partial charge in [-0.1, -0.05) is 53.2 Å². The third kappa shape index (κ3) is 9.90. The second-order valence-electron chi connectivity index (χ2n) is 20.3. The van der Waals surface area contributed by atoms with Gasteiger partial charge in [0.1, 0.15) is 29.8 Å². The lowest BCUT2D eigenvalue weighted by Crippen LogP contribution is -2.68. The Balaban J connectivity index is 1.28. The average molecular weight is 883 g/mol. The van der Waals surface area contributed by atoms with Gasteiger partial charge in [0.25, 0.3) is 0 Å². The summed E-state index contributed by atoms with van der Waals surface area (Å²) >= 11 is 0. The number of ketones is 2. The topological polar surface area (TPSA) is 224 Å². The molecule has 1 aliphatic heterocycles. The third-order valence-corrected chi connectivity index (χ3v) is 14.5. The van der Waals surface area contributed by atoms with Crippen LogP contribution >= 0.6 is 0 Å². The Morgan fingerprint density at radius 3 is 2.29 bits per heavy atom. The van der Waals surface area contributed by atoms with E-state index in [0.717, 1.165) is 12.0 Å². The van der Waals surface area contributed by atoms with Crippen molar-refractivity contribution in [2.24, 2.45) is 40.4 Å². The van der Waals surface area contributed by atoms with E-state index in [0.29, 0.717) is 25.7 Å². The molecule has 0 aromatic heterocycles. The summed E-state index contributed by atoms with van der Waals surface area (Å²) in [5.41, 5.74) is -3.06. The summed E-state index contributed by atoms with van der Waals surface area (Å²) in [4.78, 5) is 108. The van der Waals surface area contributed by atoms with Crippen molar-refractivity contribution < 1.29 is 57.7 Å². The van der Waals surface area contributed by atoms with Crippen molar-refractivity contribution in [3.63, 3.8) is 0 Å². The number of nitrogens with zero attached hydrogens (tertiary/aromatic N) is 1. The summed E-state index contributed by atoms with van der Waals surface area (Å²) in [6.07, 6.45) is 6.63. The van der Waals surface area contributed by atoms with Crippen LogP contribution in [0, 0.1) is 40.4 Å². The van der Waals surface area contributed by atoms with Gasteiger partial charge in [0.2, 0.25) is 23.5 Å². The molecule has 16 heteroatoms. The molecule has 1 heterocycles. The van der Waals surface area contributed by atoms with E-state index >= 15 is 0 Å². The minimum atomic E-state index is -1.70. The number of hydrogen-bond donors (Lipinski definition) is 4. The highest BCUT2D eigenvalue weighted by atomic mass is 16.6. The molecule has 63 heavy (non-hydrogen) atoms. The van der Waals surface area contributed by atoms with E-state index in [1.165, 1.54) is 18.7 Å². The number of amides is 4. The fourth-order valence-corrected chi connectivity index (χ4v) is 11.5. The molecule has 12 atom stereocenters. The lowest BCUT2D eigenvalue weighted by Gasteiger charge is -2.65. The number of carbonyl (C=O) groups excluding carboxylic acids is 8. The molecular formula is C47H70N4O12. The number of esters is 2. The maximum Gasteiger partial charge on any atom is 0.408 e. The summed E-state index contributed by atoms with van der Waals surface area (Å²) in [5, 5.41) is 19.9. The highest BCUT2D eigenvalue weighted by Crippen LogP contribution is 2.67. The number of aliphatic hydroxyl groups is 1. The molecule has 4 N–H and O–H groups in total. The first-order valence-electron chi connectivity index (χ1n) is 22.8. The number of rotatable bonds is 13. The van der Waals surface area contributed by atoms with Crippen molar-refractivity contribution in [3.05, 3.63) is 23.8 Å². The van der Waals surface area contributed by atoms with Gasteiger partial charge in [-0.05, 0) is 115 Å². The SMILES string of the molecule is CCC(=O)O[C@]1(C(=O)COC(=O)[C@@H](NC(=O)[C@@H]2CCCN2C(=O)[C@H](C)NC(=O)[C@H](C)NC(=O)OC(C)(C)C)C(C)C)CCC[C@H]2[C@@H]3C[C@H](C)C4=CC(=O)C=C[C@]4(C)[C@H]3[C@@H](O)C[C@@]21C. The van der Waals surface area contributed by atoms with Crippen LogP contribution in [0.5, 0.6) is 0 Å². The van der Waals surface area contributed by atoms with E-state index in [2.05, 4.69) is 29.8 Å². The van der Waals surface area contributed by atoms with Crippen LogP contribution in [0.25, 0.3) is 0 Å². The zero-order chi connectivity index (χ0) is 47.0. The van der Waals surface area contributed by atoms with Gasteiger partial charge in [0.15, 0.2) is 18.0 Å². The Kier molecular flexibility index (Phi) is 14.8. The zero-order valence-corrected chi connectivity index (χ0v) is 39.0. The van der Waals surface area contributed by atoms with Crippen molar-refractivity contribution in [2.45, 2.75) is 169 Å². The molecule has 0 aromatic carbocycles. The molecule has 3 saturated carbocycles. The number of alkyl carbamates (subject to hydrolysis) is 1. The van der Waals surface area contributed by atoms with Gasteiger partial charge in [-0.2, -0.15) is 0 Å². The predicted octanol–water partition coefficient (Wildman–Crippen LogP) is 4.26. The first-order valence-corrected chi connectivity index (χ1v) is 22.8. The highest BCUT2D eigenvalue weighted by Gasteiger charge is 2.69. The number of aliphatic hydroxyl groups excluding tert-OH is 1. The summed E-state index contributed by atoms with van der Waals surface area (Å²) < 4.78 is 17.2. The maximum atomic E-state index is 14.7. The molecule has 0 unspecified atom stereocenters. The zero-order valence-electron chi connectivity index (χ0n) is 39.0. The number of likely N-dealkylation sites (tertiary alicyclic amines) is 1. The second kappa shape index (κ2) is 18.9. The Hall–Kier alpha value is -4.60. The first-order chi connectivity index (χ1) is 29.3. The standard InChI is InChI=1S/C47H70N4O12/c1-12-36(55)62-47(18-13-15-31-30-21-26(4)32-22-29(52)17-19-45(32,10)37(30)34(53)23-46(31,47)11)35(54)24-61-42(59)38(25(2)3)50-40(57)33-16-14-20-51(33)41(58)28(6)48-39(56)27(5)49-43(60)63-44(7,8)9/h17,19,22,25-28,30-31,33-34,37-38,53H,12-16,18,20-21,23-24H2,1-11H3,(H,48,56)(H,49,60)(H,50,57)/t26-,27-,28-,30-,31-,33-,34-,37+,38-,45-,46-,47-/m0/s1. The van der Waals surface area contributed by atoms with E-state index in [1.807, 2.05) is 13.0 Å². The molecule has 16 nitrogen and oxygen atoms in total. The predicted molar refractivity (Wildman–Crippen MR) is 230 cm³/mol. The van der Waals surface area contributed by atoms with E-state index in [1.54, 1.807) is 53.7 Å². The number of fused-ring (bicyclic) bond motifs is 5. The van der Waals surface area contributed by atoms with Crippen LogP contribution in [0.15, 0.2) is 23.8 Å². The van der Waals surface area contributed by atoms with Crippen molar-refractivity contribution in [3.8, 4) is 0 Å². The van der Waals surface area contributed by atoms with Crippen LogP contribution in [0.2, 0.25) is 0 Å². The van der Waals surface area contributed by atoms with Crippen LogP contribution < -0.4 is 16.0 Å². The average Bonchev–Trinajstić information content (AvgIpc) is 3.68. The van der Waals surface area contributed by atoms with Crippen LogP contribution in [0.4, 0.5) is 4.79 Å². The third-order valence-electron chi connectivity index (χ3n) is 14.5.